The van der Waals surface area contributed by atoms with Gasteiger partial charge in [-0.2, -0.15) is 0 Å². The summed E-state index contributed by atoms with van der Waals surface area (Å²) in [7, 11) is 0. The van der Waals surface area contributed by atoms with Crippen LogP contribution in [-0.2, 0) is 0 Å². The number of aryl methyl sites for hydroxylation is 1. The van der Waals surface area contributed by atoms with Crippen molar-refractivity contribution in [2.75, 3.05) is 5.32 Å². The molecule has 0 radical (unpaired) electrons. The maximum Gasteiger partial charge on any atom is 0.346 e. The number of aromatic carboxylic acids is 1. The van der Waals surface area contributed by atoms with Gasteiger partial charge in [0.15, 0.2) is 0 Å². The average molecular weight is 277 g/mol. The van der Waals surface area contributed by atoms with Gasteiger partial charge in [0.25, 0.3) is 0 Å². The summed E-state index contributed by atoms with van der Waals surface area (Å²) >= 11 is 1.21. The van der Waals surface area contributed by atoms with Gasteiger partial charge in [0.1, 0.15) is 21.9 Å². The number of aromatic nitrogens is 2. The Bertz CT molecular complexity index is 649. The number of anilines is 1. The number of carboxylic acid groups (broad SMARTS) is 1. The lowest BCUT2D eigenvalue weighted by Crippen LogP contribution is -2.18. The van der Waals surface area contributed by atoms with Crippen LogP contribution in [0.1, 0.15) is 35.0 Å². The molecule has 1 saturated carbocycles. The van der Waals surface area contributed by atoms with E-state index in [9.17, 15) is 9.90 Å². The lowest BCUT2D eigenvalue weighted by molar-refractivity contribution is 0.0701. The molecule has 19 heavy (non-hydrogen) atoms. The van der Waals surface area contributed by atoms with E-state index in [1.807, 2.05) is 6.92 Å². The highest BCUT2D eigenvalue weighted by atomic mass is 32.1. The first-order valence-electron chi connectivity index (χ1n) is 6.32. The molecule has 6 heteroatoms. The van der Waals surface area contributed by atoms with Crippen LogP contribution < -0.4 is 5.32 Å². The number of rotatable bonds is 4. The summed E-state index contributed by atoms with van der Waals surface area (Å²) in [6.45, 7) is 3.96. The van der Waals surface area contributed by atoms with Gasteiger partial charge in [0, 0.05) is 6.04 Å². The Morgan fingerprint density at radius 1 is 1.53 bits per heavy atom. The number of hydrogen-bond donors (Lipinski definition) is 2. The molecular weight excluding hydrogens is 262 g/mol. The van der Waals surface area contributed by atoms with E-state index in [1.165, 1.54) is 30.5 Å². The van der Waals surface area contributed by atoms with Crippen LogP contribution in [0, 0.1) is 12.8 Å². The Hall–Kier alpha value is -1.69. The Morgan fingerprint density at radius 2 is 2.26 bits per heavy atom. The number of carboxylic acids is 1. The molecule has 3 rings (SSSR count). The van der Waals surface area contributed by atoms with Crippen LogP contribution in [0.25, 0.3) is 10.2 Å². The molecule has 1 fully saturated rings. The largest absolute Gasteiger partial charge is 0.477 e. The van der Waals surface area contributed by atoms with Crippen LogP contribution in [0.15, 0.2) is 6.33 Å². The highest BCUT2D eigenvalue weighted by Gasteiger charge is 2.29. The molecule has 1 unspecified atom stereocenters. The van der Waals surface area contributed by atoms with Crippen LogP contribution in [0.5, 0.6) is 0 Å². The van der Waals surface area contributed by atoms with E-state index in [-0.39, 0.29) is 0 Å². The van der Waals surface area contributed by atoms with E-state index in [1.54, 1.807) is 0 Å². The molecule has 2 heterocycles. The first kappa shape index (κ1) is 12.3. The Labute approximate surface area is 114 Å². The zero-order valence-corrected chi connectivity index (χ0v) is 11.6. The minimum absolute atomic E-state index is 0.345. The van der Waals surface area contributed by atoms with E-state index in [4.69, 9.17) is 0 Å². The SMILES string of the molecule is Cc1c(C(=O)O)sc2ncnc(NC(C)C3CC3)c12. The second-order valence-electron chi connectivity index (χ2n) is 5.03. The van der Waals surface area contributed by atoms with Gasteiger partial charge in [0.2, 0.25) is 0 Å². The topological polar surface area (TPSA) is 75.1 Å². The molecular formula is C13H15N3O2S. The number of thiophene rings is 1. The Balaban J connectivity index is 2.05. The van der Waals surface area contributed by atoms with Crippen molar-refractivity contribution in [3.63, 3.8) is 0 Å². The number of nitrogens with one attached hydrogen (secondary N) is 1. The molecule has 0 aromatic carbocycles. The Kier molecular flexibility index (Phi) is 2.89. The summed E-state index contributed by atoms with van der Waals surface area (Å²) in [4.78, 5) is 20.7. The number of nitrogens with zero attached hydrogens (tertiary/aromatic N) is 2. The minimum Gasteiger partial charge on any atom is -0.477 e. The summed E-state index contributed by atoms with van der Waals surface area (Å²) in [5.41, 5.74) is 0.749. The van der Waals surface area contributed by atoms with E-state index in [2.05, 4.69) is 22.2 Å². The Morgan fingerprint density at radius 3 is 2.89 bits per heavy atom. The van der Waals surface area contributed by atoms with Crippen LogP contribution in [0.2, 0.25) is 0 Å². The van der Waals surface area contributed by atoms with Crippen molar-refractivity contribution in [3.8, 4) is 0 Å². The normalized spacial score (nSPS) is 16.5. The second-order valence-corrected chi connectivity index (χ2v) is 6.03. The van der Waals surface area contributed by atoms with Gasteiger partial charge in [-0.1, -0.05) is 0 Å². The maximum atomic E-state index is 11.2. The molecule has 100 valence electrons. The molecule has 2 N–H and O–H groups in total. The lowest BCUT2D eigenvalue weighted by Gasteiger charge is -2.14. The number of hydrogen-bond acceptors (Lipinski definition) is 5. The number of carbonyl (C=O) groups is 1. The van der Waals surface area contributed by atoms with Crippen LogP contribution >= 0.6 is 11.3 Å². The standard InChI is InChI=1S/C13H15N3O2S/c1-6-9-11(16-7(2)8-3-4-8)14-5-15-12(9)19-10(6)13(17)18/h5,7-8H,3-4H2,1-2H3,(H,17,18)(H,14,15,16). The van der Waals surface area contributed by atoms with Gasteiger partial charge in [-0.3, -0.25) is 0 Å². The fourth-order valence-electron chi connectivity index (χ4n) is 2.31. The summed E-state index contributed by atoms with van der Waals surface area (Å²) in [6.07, 6.45) is 4.00. The van der Waals surface area contributed by atoms with Crippen molar-refractivity contribution in [1.29, 1.82) is 0 Å². The molecule has 0 spiro atoms. The van der Waals surface area contributed by atoms with Gasteiger partial charge >= 0.3 is 5.97 Å². The van der Waals surface area contributed by atoms with Gasteiger partial charge < -0.3 is 10.4 Å². The molecule has 2 aromatic rings. The molecule has 0 bridgehead atoms. The summed E-state index contributed by atoms with van der Waals surface area (Å²) in [5, 5.41) is 13.4. The predicted octanol–water partition coefficient (Wildman–Crippen LogP) is 2.91. The van der Waals surface area contributed by atoms with Crippen LogP contribution in [0.3, 0.4) is 0 Å². The first-order chi connectivity index (χ1) is 9.08. The third-order valence-electron chi connectivity index (χ3n) is 3.61. The first-order valence-corrected chi connectivity index (χ1v) is 7.13. The summed E-state index contributed by atoms with van der Waals surface area (Å²) < 4.78 is 0. The molecule has 2 aromatic heterocycles. The average Bonchev–Trinajstić information content (AvgIpc) is 3.15. The molecule has 1 atom stereocenters. The van der Waals surface area contributed by atoms with Crippen LogP contribution in [0.4, 0.5) is 5.82 Å². The smallest absolute Gasteiger partial charge is 0.346 e. The van der Waals surface area contributed by atoms with Gasteiger partial charge in [0.05, 0.1) is 5.39 Å². The molecule has 1 aliphatic carbocycles. The van der Waals surface area contributed by atoms with Crippen LogP contribution in [-0.4, -0.2) is 27.1 Å². The van der Waals surface area contributed by atoms with Crippen molar-refractivity contribution in [1.82, 2.24) is 9.97 Å². The zero-order chi connectivity index (χ0) is 13.6. The maximum absolute atomic E-state index is 11.2. The highest BCUT2D eigenvalue weighted by Crippen LogP contribution is 2.37. The second kappa shape index (κ2) is 4.45. The van der Waals surface area contributed by atoms with Gasteiger partial charge in [-0.25, -0.2) is 14.8 Å². The van der Waals surface area contributed by atoms with Gasteiger partial charge in [-0.05, 0) is 38.2 Å². The van der Waals surface area contributed by atoms with Crippen molar-refractivity contribution >= 4 is 33.3 Å². The van der Waals surface area contributed by atoms with Gasteiger partial charge in [-0.15, -0.1) is 11.3 Å². The quantitative estimate of drug-likeness (QED) is 0.898. The van der Waals surface area contributed by atoms with Crippen molar-refractivity contribution in [3.05, 3.63) is 16.8 Å². The minimum atomic E-state index is -0.901. The predicted molar refractivity (Wildman–Crippen MR) is 74.9 cm³/mol. The molecule has 0 saturated heterocycles. The summed E-state index contributed by atoms with van der Waals surface area (Å²) in [5.74, 6) is 0.565. The molecule has 5 nitrogen and oxygen atoms in total. The van der Waals surface area contributed by atoms with E-state index in [0.29, 0.717) is 16.8 Å². The summed E-state index contributed by atoms with van der Waals surface area (Å²) in [6, 6.07) is 0.366. The monoisotopic (exact) mass is 277 g/mol. The fraction of sp³-hybridized carbons (Fsp3) is 0.462. The zero-order valence-electron chi connectivity index (χ0n) is 10.8. The number of fused-ring (bicyclic) bond motifs is 1. The van der Waals surface area contributed by atoms with E-state index < -0.39 is 5.97 Å². The van der Waals surface area contributed by atoms with E-state index >= 15 is 0 Å². The highest BCUT2D eigenvalue weighted by molar-refractivity contribution is 7.20. The molecule has 0 aliphatic heterocycles. The van der Waals surface area contributed by atoms with Crippen molar-refractivity contribution in [2.45, 2.75) is 32.7 Å². The van der Waals surface area contributed by atoms with E-state index in [0.717, 1.165) is 21.6 Å². The molecule has 1 aliphatic rings. The third kappa shape index (κ3) is 2.16. The fourth-order valence-corrected chi connectivity index (χ4v) is 3.30. The lowest BCUT2D eigenvalue weighted by atomic mass is 10.1. The third-order valence-corrected chi connectivity index (χ3v) is 4.80. The van der Waals surface area contributed by atoms with Crippen molar-refractivity contribution < 1.29 is 9.90 Å². The van der Waals surface area contributed by atoms with Crippen molar-refractivity contribution in [2.24, 2.45) is 5.92 Å². The molecule has 0 amide bonds.